The lowest BCUT2D eigenvalue weighted by Crippen LogP contribution is -2.34. The Labute approximate surface area is 117 Å². The molecule has 0 aliphatic heterocycles. The van der Waals surface area contributed by atoms with Gasteiger partial charge in [0.25, 0.3) is 5.82 Å². The smallest absolute Gasteiger partial charge is 0.227 e. The van der Waals surface area contributed by atoms with Crippen molar-refractivity contribution in [2.75, 3.05) is 0 Å². The number of rotatable bonds is 2. The zero-order chi connectivity index (χ0) is 13.4. The van der Waals surface area contributed by atoms with Gasteiger partial charge in [-0.15, -0.1) is 0 Å². The molecule has 1 aromatic heterocycles. The molecule has 96 valence electrons. The van der Waals surface area contributed by atoms with Crippen LogP contribution in [-0.4, -0.2) is 4.57 Å². The third-order valence-corrected chi connectivity index (χ3v) is 3.75. The van der Waals surface area contributed by atoms with Gasteiger partial charge in [0.2, 0.25) is 0 Å². The van der Waals surface area contributed by atoms with E-state index in [1.807, 2.05) is 18.2 Å². The monoisotopic (exact) mass is 271 g/mol. The van der Waals surface area contributed by atoms with E-state index in [-0.39, 0.29) is 0 Å². The second-order valence-electron chi connectivity index (χ2n) is 4.60. The highest BCUT2D eigenvalue weighted by molar-refractivity contribution is 6.31. The number of imidazole rings is 1. The summed E-state index contributed by atoms with van der Waals surface area (Å²) in [7, 11) is 0. The van der Waals surface area contributed by atoms with Crippen molar-refractivity contribution < 1.29 is 4.57 Å². The Morgan fingerprint density at radius 2 is 1.84 bits per heavy atom. The summed E-state index contributed by atoms with van der Waals surface area (Å²) >= 11 is 6.13. The second kappa shape index (κ2) is 4.71. The third kappa shape index (κ3) is 1.92. The standard InChI is InChI=1S/C16H16ClN2/c1-3-18-12(2)19(14-7-5-4-6-8-14)15-10-9-13(17)11-16(15)18/h4-11H,3H2,1-2H3/q+1. The van der Waals surface area contributed by atoms with Crippen molar-refractivity contribution in [3.63, 3.8) is 0 Å². The zero-order valence-electron chi connectivity index (χ0n) is 11.1. The van der Waals surface area contributed by atoms with Gasteiger partial charge in [-0.25, -0.2) is 4.57 Å². The molecule has 0 unspecified atom stereocenters. The molecule has 0 atom stereocenters. The maximum atomic E-state index is 6.13. The summed E-state index contributed by atoms with van der Waals surface area (Å²) in [4.78, 5) is 0. The summed E-state index contributed by atoms with van der Waals surface area (Å²) in [6, 6.07) is 16.5. The summed E-state index contributed by atoms with van der Waals surface area (Å²) < 4.78 is 4.56. The van der Waals surface area contributed by atoms with Crippen LogP contribution in [0.1, 0.15) is 12.7 Å². The second-order valence-corrected chi connectivity index (χ2v) is 5.03. The minimum Gasteiger partial charge on any atom is -0.227 e. The Morgan fingerprint density at radius 3 is 2.53 bits per heavy atom. The Kier molecular flexibility index (Phi) is 3.03. The van der Waals surface area contributed by atoms with E-state index in [1.54, 1.807) is 0 Å². The summed E-state index contributed by atoms with van der Waals surface area (Å²) in [5.74, 6) is 1.21. The van der Waals surface area contributed by atoms with Gasteiger partial charge in [0, 0.05) is 18.0 Å². The van der Waals surface area contributed by atoms with E-state index in [0.29, 0.717) is 0 Å². The van der Waals surface area contributed by atoms with Crippen LogP contribution in [0.25, 0.3) is 16.7 Å². The van der Waals surface area contributed by atoms with Crippen molar-refractivity contribution in [1.82, 2.24) is 4.57 Å². The number of benzene rings is 2. The Balaban J connectivity index is 2.39. The number of halogens is 1. The largest absolute Gasteiger partial charge is 0.259 e. The predicted molar refractivity (Wildman–Crippen MR) is 78.9 cm³/mol. The summed E-state index contributed by atoms with van der Waals surface area (Å²) in [6.45, 7) is 5.23. The first kappa shape index (κ1) is 12.2. The van der Waals surface area contributed by atoms with Crippen molar-refractivity contribution in [2.24, 2.45) is 0 Å². The molecular formula is C16H16ClN2+. The fraction of sp³-hybridized carbons (Fsp3) is 0.188. The lowest BCUT2D eigenvalue weighted by Gasteiger charge is -1.99. The van der Waals surface area contributed by atoms with Gasteiger partial charge < -0.3 is 0 Å². The first-order valence-electron chi connectivity index (χ1n) is 6.48. The van der Waals surface area contributed by atoms with E-state index in [2.05, 4.69) is 53.3 Å². The van der Waals surface area contributed by atoms with Crippen LogP contribution in [0.3, 0.4) is 0 Å². The van der Waals surface area contributed by atoms with Crippen molar-refractivity contribution in [3.8, 4) is 5.69 Å². The predicted octanol–water partition coefficient (Wildman–Crippen LogP) is 3.90. The van der Waals surface area contributed by atoms with Gasteiger partial charge in [0.15, 0.2) is 11.0 Å². The van der Waals surface area contributed by atoms with E-state index in [4.69, 9.17) is 11.6 Å². The van der Waals surface area contributed by atoms with Crippen molar-refractivity contribution in [3.05, 3.63) is 59.4 Å². The van der Waals surface area contributed by atoms with Crippen molar-refractivity contribution >= 4 is 22.6 Å². The quantitative estimate of drug-likeness (QED) is 0.625. The van der Waals surface area contributed by atoms with Crippen LogP contribution in [0.2, 0.25) is 5.02 Å². The van der Waals surface area contributed by atoms with Gasteiger partial charge in [0.05, 0.1) is 6.54 Å². The molecule has 3 heteroatoms. The molecule has 0 bridgehead atoms. The van der Waals surface area contributed by atoms with Gasteiger partial charge in [-0.05, 0) is 31.2 Å². The van der Waals surface area contributed by atoms with Gasteiger partial charge >= 0.3 is 0 Å². The molecule has 2 nitrogen and oxygen atoms in total. The first-order valence-corrected chi connectivity index (χ1v) is 6.86. The minimum atomic E-state index is 0.778. The number of aryl methyl sites for hydroxylation is 1. The van der Waals surface area contributed by atoms with Crippen LogP contribution in [0, 0.1) is 6.92 Å². The van der Waals surface area contributed by atoms with Gasteiger partial charge in [-0.2, -0.15) is 4.57 Å². The number of aromatic nitrogens is 2. The number of hydrogen-bond acceptors (Lipinski definition) is 0. The summed E-state index contributed by atoms with van der Waals surface area (Å²) in [5.41, 5.74) is 3.55. The molecule has 0 spiro atoms. The fourth-order valence-corrected chi connectivity index (χ4v) is 2.84. The molecule has 3 aromatic rings. The number of hydrogen-bond donors (Lipinski definition) is 0. The van der Waals surface area contributed by atoms with Crippen LogP contribution >= 0.6 is 11.6 Å². The molecule has 0 radical (unpaired) electrons. The Hall–Kier alpha value is -1.80. The molecule has 0 fully saturated rings. The number of nitrogens with zero attached hydrogens (tertiary/aromatic N) is 2. The molecule has 0 aliphatic rings. The van der Waals surface area contributed by atoms with Crippen LogP contribution in [0.5, 0.6) is 0 Å². The first-order chi connectivity index (χ1) is 9.22. The zero-order valence-corrected chi connectivity index (χ0v) is 11.9. The molecule has 2 aromatic carbocycles. The van der Waals surface area contributed by atoms with Crippen LogP contribution in [-0.2, 0) is 6.54 Å². The molecule has 0 saturated heterocycles. The van der Waals surface area contributed by atoms with Crippen LogP contribution in [0.15, 0.2) is 48.5 Å². The number of para-hydroxylation sites is 1. The topological polar surface area (TPSA) is 8.81 Å². The summed E-state index contributed by atoms with van der Waals surface area (Å²) in [5, 5.41) is 0.778. The molecule has 0 amide bonds. The average molecular weight is 272 g/mol. The van der Waals surface area contributed by atoms with E-state index >= 15 is 0 Å². The maximum Gasteiger partial charge on any atom is 0.259 e. The molecule has 0 N–H and O–H groups in total. The highest BCUT2D eigenvalue weighted by Crippen LogP contribution is 2.22. The van der Waals surface area contributed by atoms with Gasteiger partial charge in [0.1, 0.15) is 5.69 Å². The van der Waals surface area contributed by atoms with E-state index in [1.165, 1.54) is 22.5 Å². The average Bonchev–Trinajstić information content (AvgIpc) is 2.70. The van der Waals surface area contributed by atoms with Crippen molar-refractivity contribution in [2.45, 2.75) is 20.4 Å². The Bertz CT molecular complexity index is 729. The van der Waals surface area contributed by atoms with Crippen LogP contribution in [0.4, 0.5) is 0 Å². The Morgan fingerprint density at radius 1 is 1.11 bits per heavy atom. The number of fused-ring (bicyclic) bond motifs is 1. The molecule has 3 rings (SSSR count). The molecule has 0 saturated carbocycles. The highest BCUT2D eigenvalue weighted by atomic mass is 35.5. The normalized spacial score (nSPS) is 11.1. The highest BCUT2D eigenvalue weighted by Gasteiger charge is 2.21. The maximum absolute atomic E-state index is 6.13. The van der Waals surface area contributed by atoms with E-state index in [9.17, 15) is 0 Å². The summed E-state index contributed by atoms with van der Waals surface area (Å²) in [6.07, 6.45) is 0. The minimum absolute atomic E-state index is 0.778. The lowest BCUT2D eigenvalue weighted by molar-refractivity contribution is -0.674. The lowest BCUT2D eigenvalue weighted by atomic mass is 10.3. The van der Waals surface area contributed by atoms with Gasteiger partial charge in [-0.3, -0.25) is 0 Å². The van der Waals surface area contributed by atoms with E-state index in [0.717, 1.165) is 11.6 Å². The molecule has 0 aliphatic carbocycles. The molecule has 19 heavy (non-hydrogen) atoms. The van der Waals surface area contributed by atoms with Crippen molar-refractivity contribution in [1.29, 1.82) is 0 Å². The van der Waals surface area contributed by atoms with Crippen LogP contribution < -0.4 is 4.57 Å². The molecule has 1 heterocycles. The molecular weight excluding hydrogens is 256 g/mol. The van der Waals surface area contributed by atoms with E-state index < -0.39 is 0 Å². The SMILES string of the molecule is CC[n+]1c(C)n(-c2ccccc2)c2ccc(Cl)cc21. The fourth-order valence-electron chi connectivity index (χ4n) is 2.67. The van der Waals surface area contributed by atoms with Gasteiger partial charge in [-0.1, -0.05) is 29.8 Å². The third-order valence-electron chi connectivity index (χ3n) is 3.51.